The van der Waals surface area contributed by atoms with Crippen molar-refractivity contribution >= 4 is 26.0 Å². The topological polar surface area (TPSA) is 59.4 Å². The number of nitrogens with zero attached hydrogens (tertiary/aromatic N) is 2. The first-order chi connectivity index (χ1) is 9.80. The minimum absolute atomic E-state index is 0.101. The highest BCUT2D eigenvalue weighted by Gasteiger charge is 2.18. The Morgan fingerprint density at radius 1 is 1.10 bits per heavy atom. The van der Waals surface area contributed by atoms with Crippen molar-refractivity contribution in [3.63, 3.8) is 0 Å². The molecule has 112 valence electrons. The van der Waals surface area contributed by atoms with Gasteiger partial charge in [0.15, 0.2) is 0 Å². The van der Waals surface area contributed by atoms with Gasteiger partial charge in [-0.3, -0.25) is 4.79 Å². The van der Waals surface area contributed by atoms with Crippen LogP contribution in [0.15, 0.2) is 56.8 Å². The third-order valence-corrected chi connectivity index (χ3v) is 5.33. The van der Waals surface area contributed by atoms with E-state index in [4.69, 9.17) is 0 Å². The molecule has 1 aromatic carbocycles. The lowest BCUT2D eigenvalue weighted by Crippen LogP contribution is -2.26. The first kappa shape index (κ1) is 15.9. The molecule has 0 bridgehead atoms. The van der Waals surface area contributed by atoms with E-state index in [1.807, 2.05) is 24.3 Å². The zero-order valence-corrected chi connectivity index (χ0v) is 14.1. The number of pyridine rings is 1. The minimum atomic E-state index is -3.55. The van der Waals surface area contributed by atoms with Crippen molar-refractivity contribution in [1.82, 2.24) is 8.87 Å². The molecule has 0 aliphatic rings. The van der Waals surface area contributed by atoms with Gasteiger partial charge < -0.3 is 4.57 Å². The summed E-state index contributed by atoms with van der Waals surface area (Å²) in [5, 5.41) is 0. The van der Waals surface area contributed by atoms with Crippen LogP contribution in [0.25, 0.3) is 0 Å². The molecule has 2 rings (SSSR count). The van der Waals surface area contributed by atoms with E-state index in [1.54, 1.807) is 0 Å². The average molecular weight is 371 g/mol. The van der Waals surface area contributed by atoms with Gasteiger partial charge in [-0.15, -0.1) is 0 Å². The maximum Gasteiger partial charge on any atom is 0.250 e. The number of rotatable bonds is 4. The molecule has 0 saturated carbocycles. The fourth-order valence-corrected chi connectivity index (χ4v) is 2.97. The van der Waals surface area contributed by atoms with Crippen LogP contribution in [-0.4, -0.2) is 31.4 Å². The summed E-state index contributed by atoms with van der Waals surface area (Å²) in [6.45, 7) is 0.322. The van der Waals surface area contributed by atoms with Crippen LogP contribution in [-0.2, 0) is 16.6 Å². The van der Waals surface area contributed by atoms with Crippen LogP contribution in [0.3, 0.4) is 0 Å². The predicted molar refractivity (Wildman–Crippen MR) is 84.8 cm³/mol. The monoisotopic (exact) mass is 370 g/mol. The van der Waals surface area contributed by atoms with E-state index in [9.17, 15) is 13.2 Å². The third kappa shape index (κ3) is 3.61. The molecule has 5 nitrogen and oxygen atoms in total. The van der Waals surface area contributed by atoms with Gasteiger partial charge in [0, 0.05) is 30.8 Å². The molecule has 0 spiro atoms. The van der Waals surface area contributed by atoms with Gasteiger partial charge in [0.2, 0.25) is 10.0 Å². The molecule has 0 amide bonds. The molecule has 1 aromatic heterocycles. The van der Waals surface area contributed by atoms with Gasteiger partial charge in [-0.25, -0.2) is 12.7 Å². The molecular formula is C14H15BrN2O3S. The lowest BCUT2D eigenvalue weighted by Gasteiger charge is -2.13. The minimum Gasteiger partial charge on any atom is -0.310 e. The Labute approximate surface area is 132 Å². The quantitative estimate of drug-likeness (QED) is 0.825. The molecule has 0 atom stereocenters. The second-order valence-corrected chi connectivity index (χ2v) is 7.81. The highest BCUT2D eigenvalue weighted by Crippen LogP contribution is 2.13. The molecule has 0 radical (unpaired) electrons. The van der Waals surface area contributed by atoms with E-state index < -0.39 is 10.0 Å². The SMILES string of the molecule is CN(C)S(=O)(=O)c1ccc(=O)n(Cc2ccc(Br)cc2)c1. The van der Waals surface area contributed by atoms with Crippen LogP contribution in [0.5, 0.6) is 0 Å². The fourth-order valence-electron chi connectivity index (χ4n) is 1.78. The summed E-state index contributed by atoms with van der Waals surface area (Å²) in [4.78, 5) is 12.0. The summed E-state index contributed by atoms with van der Waals surface area (Å²) in [5.41, 5.74) is 0.676. The van der Waals surface area contributed by atoms with Crippen LogP contribution < -0.4 is 5.56 Å². The maximum absolute atomic E-state index is 12.1. The van der Waals surface area contributed by atoms with E-state index in [0.29, 0.717) is 6.54 Å². The zero-order chi connectivity index (χ0) is 15.6. The lowest BCUT2D eigenvalue weighted by molar-refractivity contribution is 0.519. The summed E-state index contributed by atoms with van der Waals surface area (Å²) < 4.78 is 27.7. The molecule has 1 heterocycles. The third-order valence-electron chi connectivity index (χ3n) is 3.00. The van der Waals surface area contributed by atoms with Crippen molar-refractivity contribution in [2.75, 3.05) is 14.1 Å². The van der Waals surface area contributed by atoms with Gasteiger partial charge in [-0.05, 0) is 23.8 Å². The normalized spacial score (nSPS) is 11.8. The van der Waals surface area contributed by atoms with Crippen molar-refractivity contribution in [2.24, 2.45) is 0 Å². The molecule has 7 heteroatoms. The van der Waals surface area contributed by atoms with Crippen LogP contribution in [0.2, 0.25) is 0 Å². The number of halogens is 1. The molecule has 0 N–H and O–H groups in total. The standard InChI is InChI=1S/C14H15BrN2O3S/c1-16(2)21(19,20)13-7-8-14(18)17(10-13)9-11-3-5-12(15)6-4-11/h3-8,10H,9H2,1-2H3. The van der Waals surface area contributed by atoms with E-state index >= 15 is 0 Å². The van der Waals surface area contributed by atoms with E-state index in [-0.39, 0.29) is 10.5 Å². The Bertz CT molecular complexity index is 796. The first-order valence-corrected chi connectivity index (χ1v) is 8.41. The Balaban J connectivity index is 2.41. The maximum atomic E-state index is 12.1. The Morgan fingerprint density at radius 2 is 1.71 bits per heavy atom. The number of benzene rings is 1. The number of aromatic nitrogens is 1. The molecular weight excluding hydrogens is 356 g/mol. The van der Waals surface area contributed by atoms with Crippen LogP contribution >= 0.6 is 15.9 Å². The predicted octanol–water partition coefficient (Wildman–Crippen LogP) is 1.91. The van der Waals surface area contributed by atoms with Crippen molar-refractivity contribution in [2.45, 2.75) is 11.4 Å². The van der Waals surface area contributed by atoms with Crippen molar-refractivity contribution in [1.29, 1.82) is 0 Å². The van der Waals surface area contributed by atoms with Crippen molar-refractivity contribution < 1.29 is 8.42 Å². The summed E-state index contributed by atoms with van der Waals surface area (Å²) in [5.74, 6) is 0. The van der Waals surface area contributed by atoms with Gasteiger partial charge >= 0.3 is 0 Å². The van der Waals surface area contributed by atoms with Gasteiger partial charge in [0.05, 0.1) is 11.4 Å². The molecule has 0 fully saturated rings. The Morgan fingerprint density at radius 3 is 2.29 bits per heavy atom. The number of sulfonamides is 1. The highest BCUT2D eigenvalue weighted by atomic mass is 79.9. The second kappa shape index (κ2) is 6.13. The van der Waals surface area contributed by atoms with E-state index in [0.717, 1.165) is 14.3 Å². The first-order valence-electron chi connectivity index (χ1n) is 6.18. The second-order valence-electron chi connectivity index (χ2n) is 4.74. The van der Waals surface area contributed by atoms with Crippen molar-refractivity contribution in [3.05, 3.63) is 63.0 Å². The van der Waals surface area contributed by atoms with E-state index in [2.05, 4.69) is 15.9 Å². The summed E-state index contributed by atoms with van der Waals surface area (Å²) >= 11 is 3.35. The van der Waals surface area contributed by atoms with Gasteiger partial charge in [0.25, 0.3) is 5.56 Å². The van der Waals surface area contributed by atoms with Gasteiger partial charge in [-0.1, -0.05) is 28.1 Å². The van der Waals surface area contributed by atoms with E-state index in [1.165, 1.54) is 37.0 Å². The molecule has 0 aliphatic carbocycles. The van der Waals surface area contributed by atoms with Gasteiger partial charge in [0.1, 0.15) is 0 Å². The number of hydrogen-bond donors (Lipinski definition) is 0. The van der Waals surface area contributed by atoms with Crippen molar-refractivity contribution in [3.8, 4) is 0 Å². The highest BCUT2D eigenvalue weighted by molar-refractivity contribution is 9.10. The summed E-state index contributed by atoms with van der Waals surface area (Å²) in [6, 6.07) is 10.1. The fraction of sp³-hybridized carbons (Fsp3) is 0.214. The largest absolute Gasteiger partial charge is 0.310 e. The van der Waals surface area contributed by atoms with Crippen LogP contribution in [0.4, 0.5) is 0 Å². The molecule has 21 heavy (non-hydrogen) atoms. The summed E-state index contributed by atoms with van der Waals surface area (Å²) in [6.07, 6.45) is 1.37. The molecule has 0 saturated heterocycles. The lowest BCUT2D eigenvalue weighted by atomic mass is 10.2. The van der Waals surface area contributed by atoms with Crippen LogP contribution in [0, 0.1) is 0 Å². The average Bonchev–Trinajstić information content (AvgIpc) is 2.43. The zero-order valence-electron chi connectivity index (χ0n) is 11.7. The molecule has 2 aromatic rings. The molecule has 0 unspecified atom stereocenters. The Hall–Kier alpha value is -1.44. The van der Waals surface area contributed by atoms with Crippen LogP contribution in [0.1, 0.15) is 5.56 Å². The Kier molecular flexibility index (Phi) is 4.65. The smallest absolute Gasteiger partial charge is 0.250 e. The summed E-state index contributed by atoms with van der Waals surface area (Å²) in [7, 11) is -0.633. The molecule has 0 aliphatic heterocycles. The van der Waals surface area contributed by atoms with Gasteiger partial charge in [-0.2, -0.15) is 0 Å². The number of hydrogen-bond acceptors (Lipinski definition) is 3.